The van der Waals surface area contributed by atoms with Gasteiger partial charge in [0.1, 0.15) is 11.8 Å². The maximum absolute atomic E-state index is 8.69. The number of nitriles is 1. The number of rotatable bonds is 4. The Kier molecular flexibility index (Phi) is 2.77. The van der Waals surface area contributed by atoms with Gasteiger partial charge in [-0.1, -0.05) is 18.9 Å². The first-order valence-corrected chi connectivity index (χ1v) is 5.24. The monoisotopic (exact) mass is 199 g/mol. The first-order valence-electron chi connectivity index (χ1n) is 5.24. The van der Waals surface area contributed by atoms with Crippen LogP contribution >= 0.6 is 0 Å². The van der Waals surface area contributed by atoms with Crippen LogP contribution in [-0.2, 0) is 0 Å². The number of nitrogens with one attached hydrogen (secondary N) is 1. The Hall–Kier alpha value is -1.69. The lowest BCUT2D eigenvalue weighted by molar-refractivity contribution is 0.756. The summed E-state index contributed by atoms with van der Waals surface area (Å²) in [5.74, 6) is 0.837. The Morgan fingerprint density at radius 2 is 2.33 bits per heavy atom. The Bertz CT molecular complexity index is 413. The van der Waals surface area contributed by atoms with Crippen molar-refractivity contribution in [1.29, 1.82) is 10.7 Å². The summed E-state index contributed by atoms with van der Waals surface area (Å²) in [5.41, 5.74) is 1.59. The second kappa shape index (κ2) is 4.22. The molecule has 2 rings (SSSR count). The van der Waals surface area contributed by atoms with E-state index in [2.05, 4.69) is 4.98 Å². The van der Waals surface area contributed by atoms with E-state index in [0.29, 0.717) is 17.1 Å². The third kappa shape index (κ3) is 2.63. The van der Waals surface area contributed by atoms with Gasteiger partial charge < -0.3 is 5.41 Å². The predicted molar refractivity (Wildman–Crippen MR) is 57.7 cm³/mol. The molecular formula is C12H13N3. The molecule has 1 aliphatic carbocycles. The fourth-order valence-electron chi connectivity index (χ4n) is 1.55. The van der Waals surface area contributed by atoms with Crippen LogP contribution in [0.5, 0.6) is 0 Å². The number of aromatic nitrogens is 1. The fourth-order valence-corrected chi connectivity index (χ4v) is 1.55. The lowest BCUT2D eigenvalue weighted by atomic mass is 10.1. The third-order valence-electron chi connectivity index (χ3n) is 2.67. The summed E-state index contributed by atoms with van der Waals surface area (Å²) >= 11 is 0. The van der Waals surface area contributed by atoms with Gasteiger partial charge in [0.25, 0.3) is 0 Å². The largest absolute Gasteiger partial charge is 0.303 e. The summed E-state index contributed by atoms with van der Waals surface area (Å²) in [6, 6.07) is 7.24. The highest BCUT2D eigenvalue weighted by Crippen LogP contribution is 2.33. The lowest BCUT2D eigenvalue weighted by Gasteiger charge is -2.02. The quantitative estimate of drug-likeness (QED) is 0.757. The van der Waals surface area contributed by atoms with E-state index in [4.69, 9.17) is 10.7 Å². The van der Waals surface area contributed by atoms with Gasteiger partial charge in [0, 0.05) is 0 Å². The van der Waals surface area contributed by atoms with Crippen molar-refractivity contribution in [3.8, 4) is 6.07 Å². The molecule has 15 heavy (non-hydrogen) atoms. The van der Waals surface area contributed by atoms with E-state index < -0.39 is 0 Å². The molecule has 3 heteroatoms. The minimum Gasteiger partial charge on any atom is -0.303 e. The van der Waals surface area contributed by atoms with Gasteiger partial charge in [-0.3, -0.25) is 0 Å². The Morgan fingerprint density at radius 1 is 1.53 bits per heavy atom. The van der Waals surface area contributed by atoms with Crippen LogP contribution in [0.1, 0.15) is 37.1 Å². The third-order valence-corrected chi connectivity index (χ3v) is 2.67. The van der Waals surface area contributed by atoms with Gasteiger partial charge >= 0.3 is 0 Å². The Labute approximate surface area is 89.3 Å². The molecule has 0 radical (unpaired) electrons. The van der Waals surface area contributed by atoms with Crippen molar-refractivity contribution in [3.63, 3.8) is 0 Å². The van der Waals surface area contributed by atoms with Crippen LogP contribution in [0, 0.1) is 22.7 Å². The highest BCUT2D eigenvalue weighted by atomic mass is 14.7. The molecule has 1 saturated carbocycles. The Balaban J connectivity index is 2.00. The SMILES string of the molecule is N#Cc1cccc(C(=N)CCC2CC2)n1. The second-order valence-corrected chi connectivity index (χ2v) is 3.98. The van der Waals surface area contributed by atoms with Crippen molar-refractivity contribution in [2.45, 2.75) is 25.7 Å². The van der Waals surface area contributed by atoms with Crippen molar-refractivity contribution in [2.75, 3.05) is 0 Å². The van der Waals surface area contributed by atoms with Crippen LogP contribution in [0.15, 0.2) is 18.2 Å². The lowest BCUT2D eigenvalue weighted by Crippen LogP contribution is -2.03. The summed E-state index contributed by atoms with van der Waals surface area (Å²) in [7, 11) is 0. The maximum Gasteiger partial charge on any atom is 0.141 e. The van der Waals surface area contributed by atoms with Crippen molar-refractivity contribution in [3.05, 3.63) is 29.6 Å². The van der Waals surface area contributed by atoms with Crippen molar-refractivity contribution >= 4 is 5.71 Å². The topological polar surface area (TPSA) is 60.5 Å². The summed E-state index contributed by atoms with van der Waals surface area (Å²) < 4.78 is 0. The van der Waals surface area contributed by atoms with Crippen molar-refractivity contribution in [2.24, 2.45) is 5.92 Å². The molecule has 0 saturated heterocycles. The summed E-state index contributed by atoms with van der Waals surface area (Å²) in [6.45, 7) is 0. The van der Waals surface area contributed by atoms with E-state index in [1.165, 1.54) is 12.8 Å². The van der Waals surface area contributed by atoms with Gasteiger partial charge in [0.2, 0.25) is 0 Å². The molecule has 0 spiro atoms. The van der Waals surface area contributed by atoms with E-state index >= 15 is 0 Å². The zero-order chi connectivity index (χ0) is 10.7. The molecule has 0 unspecified atom stereocenters. The van der Waals surface area contributed by atoms with Crippen LogP contribution in [0.25, 0.3) is 0 Å². The molecule has 76 valence electrons. The van der Waals surface area contributed by atoms with Gasteiger partial charge in [-0.25, -0.2) is 4.98 Å². The van der Waals surface area contributed by atoms with Gasteiger partial charge in [0.05, 0.1) is 11.4 Å². The molecule has 1 fully saturated rings. The molecule has 1 N–H and O–H groups in total. The van der Waals surface area contributed by atoms with E-state index in [9.17, 15) is 0 Å². The Morgan fingerprint density at radius 3 is 3.00 bits per heavy atom. The second-order valence-electron chi connectivity index (χ2n) is 3.98. The molecule has 0 aliphatic heterocycles. The standard InChI is InChI=1S/C12H13N3/c13-8-10-2-1-3-12(15-10)11(14)7-6-9-4-5-9/h1-3,9,14H,4-7H2. The molecule has 0 amide bonds. The zero-order valence-electron chi connectivity index (χ0n) is 8.53. The minimum atomic E-state index is 0.392. The first-order chi connectivity index (χ1) is 7.29. The minimum absolute atomic E-state index is 0.392. The van der Waals surface area contributed by atoms with E-state index in [1.54, 1.807) is 18.2 Å². The predicted octanol–water partition coefficient (Wildman–Crippen LogP) is 2.51. The molecule has 1 aliphatic rings. The van der Waals surface area contributed by atoms with Crippen molar-refractivity contribution in [1.82, 2.24) is 4.98 Å². The highest BCUT2D eigenvalue weighted by molar-refractivity contribution is 5.96. The van der Waals surface area contributed by atoms with E-state index in [1.807, 2.05) is 6.07 Å². The molecule has 0 aromatic carbocycles. The molecule has 1 aromatic rings. The molecular weight excluding hydrogens is 186 g/mol. The fraction of sp³-hybridized carbons (Fsp3) is 0.417. The average Bonchev–Trinajstić information content (AvgIpc) is 3.10. The van der Waals surface area contributed by atoms with Gasteiger partial charge in [-0.15, -0.1) is 0 Å². The van der Waals surface area contributed by atoms with E-state index in [0.717, 1.165) is 18.8 Å². The van der Waals surface area contributed by atoms with Crippen molar-refractivity contribution < 1.29 is 0 Å². The molecule has 0 bridgehead atoms. The van der Waals surface area contributed by atoms with Gasteiger partial charge in [-0.2, -0.15) is 5.26 Å². The summed E-state index contributed by atoms with van der Waals surface area (Å²) in [5, 5.41) is 16.5. The molecule has 1 aromatic heterocycles. The van der Waals surface area contributed by atoms with Crippen LogP contribution in [0.3, 0.4) is 0 Å². The highest BCUT2D eigenvalue weighted by Gasteiger charge is 2.21. The van der Waals surface area contributed by atoms with Crippen LogP contribution in [0.2, 0.25) is 0 Å². The van der Waals surface area contributed by atoms with Crippen LogP contribution in [0.4, 0.5) is 0 Å². The van der Waals surface area contributed by atoms with E-state index in [-0.39, 0.29) is 0 Å². The first kappa shape index (κ1) is 9.85. The number of hydrogen-bond donors (Lipinski definition) is 1. The zero-order valence-corrected chi connectivity index (χ0v) is 8.53. The maximum atomic E-state index is 8.69. The summed E-state index contributed by atoms with van der Waals surface area (Å²) in [4.78, 5) is 4.10. The molecule has 1 heterocycles. The van der Waals surface area contributed by atoms with Crippen LogP contribution in [-0.4, -0.2) is 10.7 Å². The van der Waals surface area contributed by atoms with Crippen LogP contribution < -0.4 is 0 Å². The van der Waals surface area contributed by atoms with Gasteiger partial charge in [-0.05, 0) is 30.9 Å². The number of hydrogen-bond acceptors (Lipinski definition) is 3. The molecule has 0 atom stereocenters. The smallest absolute Gasteiger partial charge is 0.141 e. The molecule has 3 nitrogen and oxygen atoms in total. The average molecular weight is 199 g/mol. The number of pyridine rings is 1. The normalized spacial score (nSPS) is 14.6. The summed E-state index contributed by atoms with van der Waals surface area (Å²) in [6.07, 6.45) is 4.52. The number of nitrogens with zero attached hydrogens (tertiary/aromatic N) is 2. The van der Waals surface area contributed by atoms with Gasteiger partial charge in [0.15, 0.2) is 0 Å².